The van der Waals surface area contributed by atoms with Crippen molar-refractivity contribution in [2.75, 3.05) is 7.11 Å². The van der Waals surface area contributed by atoms with E-state index in [1.54, 1.807) is 0 Å². The second-order valence-corrected chi connectivity index (χ2v) is 4.44. The first kappa shape index (κ1) is 13.7. The Balaban J connectivity index is 2.34. The highest BCUT2D eigenvalue weighted by Crippen LogP contribution is 2.04. The molecule has 3 heteroatoms. The van der Waals surface area contributed by atoms with Crippen LogP contribution in [0.3, 0.4) is 0 Å². The third kappa shape index (κ3) is 5.50. The molecule has 0 bridgehead atoms. The molecule has 0 aliphatic carbocycles. The Labute approximate surface area is 103 Å². The smallest absolute Gasteiger partial charge is 0.307 e. The summed E-state index contributed by atoms with van der Waals surface area (Å²) in [7, 11) is 1.42. The Morgan fingerprint density at radius 2 is 1.88 bits per heavy atom. The first-order valence-electron chi connectivity index (χ1n) is 5.98. The summed E-state index contributed by atoms with van der Waals surface area (Å²) in [5, 5.41) is 3.39. The summed E-state index contributed by atoms with van der Waals surface area (Å²) < 4.78 is 4.64. The predicted octanol–water partition coefficient (Wildman–Crippen LogP) is 2.16. The van der Waals surface area contributed by atoms with E-state index < -0.39 is 0 Å². The molecule has 1 N–H and O–H groups in total. The van der Waals surface area contributed by atoms with E-state index in [0.29, 0.717) is 12.5 Å². The van der Waals surface area contributed by atoms with Gasteiger partial charge >= 0.3 is 5.97 Å². The molecule has 1 rings (SSSR count). The summed E-state index contributed by atoms with van der Waals surface area (Å²) in [5.74, 6) is -0.170. The molecule has 0 saturated carbocycles. The van der Waals surface area contributed by atoms with E-state index in [2.05, 4.69) is 29.1 Å². The van der Waals surface area contributed by atoms with Crippen LogP contribution in [0.15, 0.2) is 30.3 Å². The zero-order chi connectivity index (χ0) is 12.7. The normalized spacial score (nSPS) is 14.1. The first-order valence-corrected chi connectivity index (χ1v) is 5.98. The number of hydrogen-bond acceptors (Lipinski definition) is 3. The number of methoxy groups -OCH3 is 1. The van der Waals surface area contributed by atoms with Gasteiger partial charge in [0.1, 0.15) is 0 Å². The molecule has 0 aliphatic heterocycles. The van der Waals surface area contributed by atoms with Crippen LogP contribution in [-0.4, -0.2) is 25.2 Å². The van der Waals surface area contributed by atoms with Crippen LogP contribution in [0, 0.1) is 0 Å². The van der Waals surface area contributed by atoms with Crippen molar-refractivity contribution in [1.29, 1.82) is 0 Å². The minimum absolute atomic E-state index is 0.140. The van der Waals surface area contributed by atoms with Gasteiger partial charge in [0.15, 0.2) is 0 Å². The van der Waals surface area contributed by atoms with Gasteiger partial charge in [-0.25, -0.2) is 0 Å². The standard InChI is InChI=1S/C14H21NO2/c1-11(9-13-7-5-4-6-8-13)15-12(2)10-14(16)17-3/h4-8,11-12,15H,9-10H2,1-3H3/t11-,12?/m0/s1. The molecule has 17 heavy (non-hydrogen) atoms. The largest absolute Gasteiger partial charge is 0.469 e. The second-order valence-electron chi connectivity index (χ2n) is 4.44. The molecule has 94 valence electrons. The minimum Gasteiger partial charge on any atom is -0.469 e. The first-order chi connectivity index (χ1) is 8.11. The summed E-state index contributed by atoms with van der Waals surface area (Å²) in [6.45, 7) is 4.12. The number of benzene rings is 1. The van der Waals surface area contributed by atoms with Gasteiger partial charge in [0, 0.05) is 12.1 Å². The maximum absolute atomic E-state index is 11.1. The van der Waals surface area contributed by atoms with Gasteiger partial charge < -0.3 is 10.1 Å². The van der Waals surface area contributed by atoms with Crippen molar-refractivity contribution in [3.05, 3.63) is 35.9 Å². The third-order valence-electron chi connectivity index (χ3n) is 2.65. The highest BCUT2D eigenvalue weighted by molar-refractivity contribution is 5.69. The number of rotatable bonds is 6. The highest BCUT2D eigenvalue weighted by atomic mass is 16.5. The monoisotopic (exact) mass is 235 g/mol. The van der Waals surface area contributed by atoms with Gasteiger partial charge in [-0.15, -0.1) is 0 Å². The van der Waals surface area contributed by atoms with Crippen LogP contribution in [0.5, 0.6) is 0 Å². The van der Waals surface area contributed by atoms with Gasteiger partial charge in [0.05, 0.1) is 13.5 Å². The summed E-state index contributed by atoms with van der Waals surface area (Å²) >= 11 is 0. The Kier molecular flexibility index (Phi) is 5.70. The average Bonchev–Trinajstić information content (AvgIpc) is 2.29. The van der Waals surface area contributed by atoms with Gasteiger partial charge in [-0.1, -0.05) is 30.3 Å². The van der Waals surface area contributed by atoms with Crippen LogP contribution in [-0.2, 0) is 16.0 Å². The number of ether oxygens (including phenoxy) is 1. The quantitative estimate of drug-likeness (QED) is 0.768. The third-order valence-corrected chi connectivity index (χ3v) is 2.65. The van der Waals surface area contributed by atoms with E-state index >= 15 is 0 Å². The molecule has 1 unspecified atom stereocenters. The Morgan fingerprint density at radius 3 is 2.47 bits per heavy atom. The highest BCUT2D eigenvalue weighted by Gasteiger charge is 2.12. The lowest BCUT2D eigenvalue weighted by molar-refractivity contribution is -0.141. The lowest BCUT2D eigenvalue weighted by atomic mass is 10.1. The summed E-state index contributed by atoms with van der Waals surface area (Å²) in [6.07, 6.45) is 1.38. The molecule has 0 aliphatic rings. The van der Waals surface area contributed by atoms with Gasteiger partial charge in [-0.05, 0) is 25.8 Å². The summed E-state index contributed by atoms with van der Waals surface area (Å²) in [6, 6.07) is 10.8. The SMILES string of the molecule is COC(=O)CC(C)N[C@@H](C)Cc1ccccc1. The molecule has 0 fully saturated rings. The molecule has 0 aromatic heterocycles. The molecule has 3 nitrogen and oxygen atoms in total. The van der Waals surface area contributed by atoms with Crippen LogP contribution < -0.4 is 5.32 Å². The number of carbonyl (C=O) groups excluding carboxylic acids is 1. The summed E-state index contributed by atoms with van der Waals surface area (Å²) in [5.41, 5.74) is 1.30. The predicted molar refractivity (Wildman–Crippen MR) is 68.8 cm³/mol. The van der Waals surface area contributed by atoms with Crippen LogP contribution in [0.2, 0.25) is 0 Å². The van der Waals surface area contributed by atoms with E-state index in [9.17, 15) is 4.79 Å². The van der Waals surface area contributed by atoms with E-state index in [-0.39, 0.29) is 12.0 Å². The van der Waals surface area contributed by atoms with Crippen molar-refractivity contribution in [3.63, 3.8) is 0 Å². The molecule has 0 heterocycles. The molecule has 1 aromatic rings. The second kappa shape index (κ2) is 7.07. The van der Waals surface area contributed by atoms with Gasteiger partial charge in [0.2, 0.25) is 0 Å². The Hall–Kier alpha value is -1.35. The van der Waals surface area contributed by atoms with Crippen LogP contribution in [0.4, 0.5) is 0 Å². The van der Waals surface area contributed by atoms with Crippen LogP contribution in [0.1, 0.15) is 25.8 Å². The molecule has 0 spiro atoms. The van der Waals surface area contributed by atoms with E-state index in [1.165, 1.54) is 12.7 Å². The fourth-order valence-electron chi connectivity index (χ4n) is 1.90. The molecule has 0 amide bonds. The molecule has 1 aromatic carbocycles. The van der Waals surface area contributed by atoms with Gasteiger partial charge in [-0.2, -0.15) is 0 Å². The molecule has 2 atom stereocenters. The zero-order valence-electron chi connectivity index (χ0n) is 10.8. The minimum atomic E-state index is -0.170. The van der Waals surface area contributed by atoms with Crippen LogP contribution >= 0.6 is 0 Å². The molecular formula is C14H21NO2. The topological polar surface area (TPSA) is 38.3 Å². The summed E-state index contributed by atoms with van der Waals surface area (Å²) in [4.78, 5) is 11.1. The molecule has 0 saturated heterocycles. The number of nitrogens with one attached hydrogen (secondary N) is 1. The van der Waals surface area contributed by atoms with Crippen molar-refractivity contribution in [2.45, 2.75) is 38.8 Å². The van der Waals surface area contributed by atoms with Gasteiger partial charge in [0.25, 0.3) is 0 Å². The maximum Gasteiger partial charge on any atom is 0.307 e. The Bertz CT molecular complexity index is 337. The maximum atomic E-state index is 11.1. The fraction of sp³-hybridized carbons (Fsp3) is 0.500. The Morgan fingerprint density at radius 1 is 1.24 bits per heavy atom. The fourth-order valence-corrected chi connectivity index (χ4v) is 1.90. The lowest BCUT2D eigenvalue weighted by Crippen LogP contribution is -2.37. The van der Waals surface area contributed by atoms with Crippen LogP contribution in [0.25, 0.3) is 0 Å². The van der Waals surface area contributed by atoms with Crippen molar-refractivity contribution in [1.82, 2.24) is 5.32 Å². The number of carbonyl (C=O) groups is 1. The van der Waals surface area contributed by atoms with Crippen molar-refractivity contribution in [3.8, 4) is 0 Å². The van der Waals surface area contributed by atoms with Crippen molar-refractivity contribution < 1.29 is 9.53 Å². The van der Waals surface area contributed by atoms with E-state index in [0.717, 1.165) is 6.42 Å². The lowest BCUT2D eigenvalue weighted by Gasteiger charge is -2.19. The van der Waals surface area contributed by atoms with Crippen molar-refractivity contribution >= 4 is 5.97 Å². The van der Waals surface area contributed by atoms with E-state index in [4.69, 9.17) is 0 Å². The van der Waals surface area contributed by atoms with Gasteiger partial charge in [-0.3, -0.25) is 4.79 Å². The zero-order valence-corrected chi connectivity index (χ0v) is 10.8. The molecular weight excluding hydrogens is 214 g/mol. The average molecular weight is 235 g/mol. The van der Waals surface area contributed by atoms with E-state index in [1.807, 2.05) is 25.1 Å². The number of esters is 1. The number of hydrogen-bond donors (Lipinski definition) is 1. The molecule has 0 radical (unpaired) electrons. The van der Waals surface area contributed by atoms with Crippen molar-refractivity contribution in [2.24, 2.45) is 0 Å².